The largest absolute Gasteiger partial charge is 0.455 e. The van der Waals surface area contributed by atoms with E-state index >= 15 is 0 Å². The number of anilines is 1. The summed E-state index contributed by atoms with van der Waals surface area (Å²) in [6.45, 7) is 0.657. The number of nitrogens with one attached hydrogen (secondary N) is 2. The van der Waals surface area contributed by atoms with Gasteiger partial charge in [0, 0.05) is 6.20 Å². The summed E-state index contributed by atoms with van der Waals surface area (Å²) in [5.74, 6) is -1.26. The molecule has 0 saturated carbocycles. The first-order valence-corrected chi connectivity index (χ1v) is 9.26. The van der Waals surface area contributed by atoms with Crippen LogP contribution < -0.4 is 10.0 Å². The third-order valence-electron chi connectivity index (χ3n) is 3.10. The fourth-order valence-electron chi connectivity index (χ4n) is 1.78. The summed E-state index contributed by atoms with van der Waals surface area (Å²) in [5, 5.41) is 2.82. The summed E-state index contributed by atoms with van der Waals surface area (Å²) in [4.78, 5) is 27.2. The minimum Gasteiger partial charge on any atom is -0.455 e. The van der Waals surface area contributed by atoms with E-state index in [4.69, 9.17) is 16.3 Å². The van der Waals surface area contributed by atoms with E-state index in [1.807, 2.05) is 6.92 Å². The first-order valence-electron chi connectivity index (χ1n) is 7.39. The van der Waals surface area contributed by atoms with Crippen molar-refractivity contribution in [2.24, 2.45) is 0 Å². The molecular weight excluding hydrogens is 382 g/mol. The molecule has 1 heterocycles. The van der Waals surface area contributed by atoms with E-state index in [0.717, 1.165) is 5.56 Å². The maximum Gasteiger partial charge on any atom is 0.321 e. The molecule has 26 heavy (non-hydrogen) atoms. The molecule has 0 unspecified atom stereocenters. The zero-order valence-electron chi connectivity index (χ0n) is 13.7. The number of halogens is 1. The molecule has 0 bridgehead atoms. The van der Waals surface area contributed by atoms with Gasteiger partial charge < -0.3 is 10.1 Å². The maximum atomic E-state index is 12.0. The van der Waals surface area contributed by atoms with Crippen molar-refractivity contribution >= 4 is 39.3 Å². The number of carbonyl (C=O) groups excluding carboxylic acids is 2. The van der Waals surface area contributed by atoms with Crippen molar-refractivity contribution in [3.63, 3.8) is 0 Å². The number of esters is 1. The Balaban J connectivity index is 1.78. The molecule has 0 fully saturated rings. The molecule has 0 aliphatic rings. The number of ether oxygens (including phenoxy) is 1. The van der Waals surface area contributed by atoms with Gasteiger partial charge in [-0.15, -0.1) is 0 Å². The number of hydrogen-bond acceptors (Lipinski definition) is 6. The van der Waals surface area contributed by atoms with Crippen LogP contribution in [0.25, 0.3) is 0 Å². The molecular formula is C16H16ClN3O5S. The van der Waals surface area contributed by atoms with Crippen LogP contribution in [0.5, 0.6) is 0 Å². The number of aromatic nitrogens is 1. The second-order valence-electron chi connectivity index (χ2n) is 5.21. The number of sulfonamides is 1. The van der Waals surface area contributed by atoms with Gasteiger partial charge in [0.15, 0.2) is 6.61 Å². The zero-order valence-corrected chi connectivity index (χ0v) is 15.3. The van der Waals surface area contributed by atoms with Crippen LogP contribution in [-0.2, 0) is 24.3 Å². The molecule has 1 aromatic heterocycles. The van der Waals surface area contributed by atoms with E-state index < -0.39 is 35.1 Å². The predicted molar refractivity (Wildman–Crippen MR) is 95.2 cm³/mol. The van der Waals surface area contributed by atoms with Crippen LogP contribution in [0.15, 0.2) is 47.5 Å². The molecule has 0 aliphatic heterocycles. The highest BCUT2D eigenvalue weighted by Crippen LogP contribution is 2.10. The molecule has 0 radical (unpaired) electrons. The van der Waals surface area contributed by atoms with E-state index in [1.165, 1.54) is 30.5 Å². The van der Waals surface area contributed by atoms with Crippen molar-refractivity contribution in [1.82, 2.24) is 9.71 Å². The Morgan fingerprint density at radius 1 is 1.15 bits per heavy atom. The first-order chi connectivity index (χ1) is 12.3. The first kappa shape index (κ1) is 19.8. The summed E-state index contributed by atoms with van der Waals surface area (Å²) in [6.07, 6.45) is 1.35. The average Bonchev–Trinajstić information content (AvgIpc) is 2.61. The average molecular weight is 398 g/mol. The van der Waals surface area contributed by atoms with Gasteiger partial charge in [0.1, 0.15) is 12.4 Å². The Hall–Kier alpha value is -2.49. The summed E-state index contributed by atoms with van der Waals surface area (Å²) in [5.41, 5.74) is 0.907. The van der Waals surface area contributed by atoms with Crippen molar-refractivity contribution in [2.75, 3.05) is 18.5 Å². The molecule has 2 aromatic rings. The van der Waals surface area contributed by atoms with Gasteiger partial charge in [-0.2, -0.15) is 4.72 Å². The van der Waals surface area contributed by atoms with Crippen molar-refractivity contribution in [3.05, 3.63) is 53.2 Å². The highest BCUT2D eigenvalue weighted by Gasteiger charge is 2.16. The van der Waals surface area contributed by atoms with E-state index in [0.29, 0.717) is 5.02 Å². The second-order valence-corrected chi connectivity index (χ2v) is 7.41. The maximum absolute atomic E-state index is 12.0. The van der Waals surface area contributed by atoms with Gasteiger partial charge in [0.2, 0.25) is 10.0 Å². The smallest absolute Gasteiger partial charge is 0.321 e. The quantitative estimate of drug-likeness (QED) is 0.684. The van der Waals surface area contributed by atoms with Crippen LogP contribution in [0.4, 0.5) is 5.82 Å². The summed E-state index contributed by atoms with van der Waals surface area (Å²) in [6, 6.07) is 9.16. The van der Waals surface area contributed by atoms with Crippen molar-refractivity contribution in [2.45, 2.75) is 11.8 Å². The Labute approximate surface area is 155 Å². The van der Waals surface area contributed by atoms with Crippen LogP contribution in [0.1, 0.15) is 5.56 Å². The van der Waals surface area contributed by atoms with Crippen LogP contribution in [-0.4, -0.2) is 38.4 Å². The van der Waals surface area contributed by atoms with Crippen LogP contribution in [0.3, 0.4) is 0 Å². The fourth-order valence-corrected chi connectivity index (χ4v) is 2.86. The van der Waals surface area contributed by atoms with E-state index in [-0.39, 0.29) is 10.7 Å². The number of aryl methyl sites for hydroxylation is 1. The van der Waals surface area contributed by atoms with Gasteiger partial charge in [-0.25, -0.2) is 13.4 Å². The standard InChI is InChI=1S/C16H16ClN3O5S/c1-11-2-5-13(6-3-11)26(23,24)19-9-16(22)25-10-15(21)20-14-7-4-12(17)8-18-14/h2-8,19H,9-10H2,1H3,(H,18,20,21). The minimum absolute atomic E-state index is 0.0301. The third kappa shape index (κ3) is 6.10. The third-order valence-corrected chi connectivity index (χ3v) is 4.74. The van der Waals surface area contributed by atoms with Gasteiger partial charge in [-0.05, 0) is 31.2 Å². The highest BCUT2D eigenvalue weighted by molar-refractivity contribution is 7.89. The van der Waals surface area contributed by atoms with Crippen LogP contribution in [0, 0.1) is 6.92 Å². The molecule has 0 aliphatic carbocycles. The molecule has 0 atom stereocenters. The molecule has 2 rings (SSSR count). The number of hydrogen-bond donors (Lipinski definition) is 2. The van der Waals surface area contributed by atoms with Gasteiger partial charge in [-0.3, -0.25) is 9.59 Å². The molecule has 1 aromatic carbocycles. The van der Waals surface area contributed by atoms with Crippen molar-refractivity contribution in [3.8, 4) is 0 Å². The molecule has 1 amide bonds. The van der Waals surface area contributed by atoms with Crippen LogP contribution in [0.2, 0.25) is 5.02 Å². The fraction of sp³-hybridized carbons (Fsp3) is 0.188. The number of rotatable bonds is 7. The minimum atomic E-state index is -3.84. The molecule has 0 spiro atoms. The molecule has 0 saturated heterocycles. The Morgan fingerprint density at radius 3 is 2.46 bits per heavy atom. The highest BCUT2D eigenvalue weighted by atomic mass is 35.5. The lowest BCUT2D eigenvalue weighted by Gasteiger charge is -2.08. The Morgan fingerprint density at radius 2 is 1.85 bits per heavy atom. The topological polar surface area (TPSA) is 114 Å². The van der Waals surface area contributed by atoms with Gasteiger partial charge >= 0.3 is 5.97 Å². The Kier molecular flexibility index (Phi) is 6.67. The number of amides is 1. The monoisotopic (exact) mass is 397 g/mol. The number of carbonyl (C=O) groups is 2. The van der Waals surface area contributed by atoms with Gasteiger partial charge in [0.05, 0.1) is 9.92 Å². The summed E-state index contributed by atoms with van der Waals surface area (Å²) < 4.78 is 30.9. The lowest BCUT2D eigenvalue weighted by molar-refractivity contribution is -0.146. The zero-order chi connectivity index (χ0) is 19.2. The molecule has 138 valence electrons. The second kappa shape index (κ2) is 8.75. The van der Waals surface area contributed by atoms with E-state index in [9.17, 15) is 18.0 Å². The SMILES string of the molecule is Cc1ccc(S(=O)(=O)NCC(=O)OCC(=O)Nc2ccc(Cl)cn2)cc1. The Bertz CT molecular complexity index is 883. The normalized spacial score (nSPS) is 11.0. The lowest BCUT2D eigenvalue weighted by Crippen LogP contribution is -2.32. The lowest BCUT2D eigenvalue weighted by atomic mass is 10.2. The summed E-state index contributed by atoms with van der Waals surface area (Å²) >= 11 is 5.67. The van der Waals surface area contributed by atoms with Crippen molar-refractivity contribution in [1.29, 1.82) is 0 Å². The number of nitrogens with zero attached hydrogens (tertiary/aromatic N) is 1. The van der Waals surface area contributed by atoms with Crippen LogP contribution >= 0.6 is 11.6 Å². The molecule has 10 heteroatoms. The predicted octanol–water partition coefficient (Wildman–Crippen LogP) is 1.50. The van der Waals surface area contributed by atoms with E-state index in [2.05, 4.69) is 15.0 Å². The van der Waals surface area contributed by atoms with E-state index in [1.54, 1.807) is 12.1 Å². The molecule has 2 N–H and O–H groups in total. The van der Waals surface area contributed by atoms with Gasteiger partial charge in [-0.1, -0.05) is 29.3 Å². The molecule has 8 nitrogen and oxygen atoms in total. The number of pyridine rings is 1. The van der Waals surface area contributed by atoms with Gasteiger partial charge in [0.25, 0.3) is 5.91 Å². The van der Waals surface area contributed by atoms with Crippen molar-refractivity contribution < 1.29 is 22.7 Å². The number of benzene rings is 1. The summed E-state index contributed by atoms with van der Waals surface area (Å²) in [7, 11) is -3.84.